The number of hydrogen-bond acceptors (Lipinski definition) is 4. The molecule has 1 amide bonds. The lowest BCUT2D eigenvalue weighted by atomic mass is 10.0. The third-order valence-corrected chi connectivity index (χ3v) is 5.70. The van der Waals surface area contributed by atoms with Crippen molar-refractivity contribution < 1.29 is 9.18 Å². The summed E-state index contributed by atoms with van der Waals surface area (Å²) in [7, 11) is 0. The lowest BCUT2D eigenvalue weighted by molar-refractivity contribution is -0.116. The quantitative estimate of drug-likeness (QED) is 0.372. The van der Waals surface area contributed by atoms with Crippen molar-refractivity contribution in [2.75, 3.05) is 5.32 Å². The van der Waals surface area contributed by atoms with E-state index >= 15 is 0 Å². The van der Waals surface area contributed by atoms with E-state index in [-0.39, 0.29) is 24.1 Å². The second-order valence-corrected chi connectivity index (χ2v) is 8.27. The third-order valence-electron chi connectivity index (χ3n) is 5.42. The number of anilines is 1. The molecule has 9 heteroatoms. The number of pyridine rings is 1. The Hall–Kier alpha value is -4.04. The second-order valence-electron chi connectivity index (χ2n) is 7.86. The maximum absolute atomic E-state index is 13.1. The maximum atomic E-state index is 13.1. The minimum atomic E-state index is -0.328. The first-order valence-corrected chi connectivity index (χ1v) is 11.0. The Balaban J connectivity index is 1.35. The van der Waals surface area contributed by atoms with Gasteiger partial charge in [-0.2, -0.15) is 10.2 Å². The Morgan fingerprint density at radius 3 is 2.59 bits per heavy atom. The van der Waals surface area contributed by atoms with E-state index in [1.54, 1.807) is 33.9 Å². The zero-order valence-corrected chi connectivity index (χ0v) is 19.0. The van der Waals surface area contributed by atoms with E-state index in [0.717, 1.165) is 27.8 Å². The van der Waals surface area contributed by atoms with Gasteiger partial charge in [0.05, 0.1) is 12.2 Å². The molecule has 2 aromatic carbocycles. The Morgan fingerprint density at radius 2 is 1.82 bits per heavy atom. The summed E-state index contributed by atoms with van der Waals surface area (Å²) in [5, 5.41) is 12.9. The van der Waals surface area contributed by atoms with E-state index in [0.29, 0.717) is 17.2 Å². The molecular weight excluding hydrogens is 455 g/mol. The molecule has 0 radical (unpaired) electrons. The van der Waals surface area contributed by atoms with Crippen molar-refractivity contribution in [1.82, 2.24) is 24.5 Å². The highest BCUT2D eigenvalue weighted by Crippen LogP contribution is 2.29. The van der Waals surface area contributed by atoms with Gasteiger partial charge >= 0.3 is 0 Å². The van der Waals surface area contributed by atoms with Crippen molar-refractivity contribution in [3.63, 3.8) is 0 Å². The van der Waals surface area contributed by atoms with Gasteiger partial charge in [-0.1, -0.05) is 54.1 Å². The van der Waals surface area contributed by atoms with Crippen LogP contribution in [-0.2, 0) is 17.9 Å². The lowest BCUT2D eigenvalue weighted by Gasteiger charge is -2.06. The lowest BCUT2D eigenvalue weighted by Crippen LogP contribution is -2.20. The minimum Gasteiger partial charge on any atom is -0.306 e. The number of carbonyl (C=O) groups is 1. The summed E-state index contributed by atoms with van der Waals surface area (Å²) in [6, 6.07) is 18.1. The number of hydrogen-bond donors (Lipinski definition) is 1. The van der Waals surface area contributed by atoms with Crippen molar-refractivity contribution >= 4 is 34.4 Å². The summed E-state index contributed by atoms with van der Waals surface area (Å²) in [6.45, 7) is 2.25. The van der Waals surface area contributed by atoms with Gasteiger partial charge in [0.1, 0.15) is 17.4 Å². The van der Waals surface area contributed by atoms with Crippen LogP contribution in [0, 0.1) is 12.7 Å². The molecule has 3 aromatic heterocycles. The molecule has 1 N–H and O–H groups in total. The summed E-state index contributed by atoms with van der Waals surface area (Å²) < 4.78 is 16.3. The number of amides is 1. The zero-order valence-electron chi connectivity index (χ0n) is 18.2. The molecule has 3 heterocycles. The van der Waals surface area contributed by atoms with Crippen molar-refractivity contribution in [2.45, 2.75) is 20.0 Å². The van der Waals surface area contributed by atoms with Crippen LogP contribution in [0.1, 0.15) is 11.3 Å². The van der Waals surface area contributed by atoms with Crippen LogP contribution >= 0.6 is 11.6 Å². The molecule has 0 fully saturated rings. The van der Waals surface area contributed by atoms with Gasteiger partial charge in [-0.25, -0.2) is 14.1 Å². The van der Waals surface area contributed by atoms with Crippen molar-refractivity contribution in [3.8, 4) is 11.1 Å². The molecule has 34 heavy (non-hydrogen) atoms. The average Bonchev–Trinajstić information content (AvgIpc) is 3.34. The number of nitrogens with one attached hydrogen (secondary N) is 1. The van der Waals surface area contributed by atoms with Gasteiger partial charge in [-0.3, -0.25) is 9.48 Å². The Bertz CT molecular complexity index is 1480. The topological polar surface area (TPSA) is 77.6 Å². The highest BCUT2D eigenvalue weighted by molar-refractivity contribution is 6.33. The Labute approximate surface area is 199 Å². The highest BCUT2D eigenvalue weighted by Gasteiger charge is 2.17. The van der Waals surface area contributed by atoms with Crippen LogP contribution in [-0.4, -0.2) is 30.5 Å². The van der Waals surface area contributed by atoms with E-state index in [2.05, 4.69) is 20.5 Å². The summed E-state index contributed by atoms with van der Waals surface area (Å²) in [6.07, 6.45) is 3.33. The fourth-order valence-electron chi connectivity index (χ4n) is 3.90. The van der Waals surface area contributed by atoms with Gasteiger partial charge in [-0.15, -0.1) is 0 Å². The van der Waals surface area contributed by atoms with Gasteiger partial charge in [0.2, 0.25) is 5.91 Å². The molecule has 0 spiro atoms. The van der Waals surface area contributed by atoms with E-state index < -0.39 is 0 Å². The number of rotatable bonds is 6. The van der Waals surface area contributed by atoms with E-state index in [9.17, 15) is 9.18 Å². The zero-order chi connectivity index (χ0) is 23.7. The number of halogens is 2. The van der Waals surface area contributed by atoms with Crippen LogP contribution in [0.3, 0.4) is 0 Å². The van der Waals surface area contributed by atoms with Crippen LogP contribution in [0.25, 0.3) is 22.2 Å². The average molecular weight is 475 g/mol. The van der Waals surface area contributed by atoms with Crippen LogP contribution in [0.4, 0.5) is 10.2 Å². The van der Waals surface area contributed by atoms with Crippen molar-refractivity contribution in [2.24, 2.45) is 0 Å². The molecule has 7 nitrogen and oxygen atoms in total. The van der Waals surface area contributed by atoms with Gasteiger partial charge in [0, 0.05) is 17.8 Å². The first-order valence-electron chi connectivity index (χ1n) is 10.6. The highest BCUT2D eigenvalue weighted by atomic mass is 35.5. The molecule has 0 aliphatic heterocycles. The Kier molecular flexibility index (Phi) is 5.81. The Morgan fingerprint density at radius 1 is 1.06 bits per heavy atom. The molecule has 0 unspecified atom stereocenters. The van der Waals surface area contributed by atoms with Crippen LogP contribution in [0.5, 0.6) is 0 Å². The molecule has 5 rings (SSSR count). The number of fused-ring (bicyclic) bond motifs is 1. The van der Waals surface area contributed by atoms with E-state index in [1.165, 1.54) is 12.1 Å². The maximum Gasteiger partial charge on any atom is 0.247 e. The minimum absolute atomic E-state index is 0.0449. The molecule has 0 bridgehead atoms. The first-order chi connectivity index (χ1) is 16.5. The summed E-state index contributed by atoms with van der Waals surface area (Å²) in [5.41, 5.74) is 4.34. The smallest absolute Gasteiger partial charge is 0.247 e. The van der Waals surface area contributed by atoms with Crippen LogP contribution < -0.4 is 5.32 Å². The SMILES string of the molecule is Cc1nn(CC(=O)Nc2nn(Cc3ccc(F)cc3)cc2Cl)c2nccc(-c3ccccc3)c12. The standard InChI is InChI=1S/C25H20ClFN6O/c1-16-23-20(18-5-3-2-4-6-18)11-12-28-25(23)33(30-16)15-22(34)29-24-21(26)14-32(31-24)13-17-7-9-19(27)10-8-17/h2-12,14H,13,15H2,1H3,(H,29,31,34). The number of carbonyl (C=O) groups excluding carboxylic acids is 1. The fourth-order valence-corrected chi connectivity index (χ4v) is 4.10. The summed E-state index contributed by atoms with van der Waals surface area (Å²) >= 11 is 6.28. The molecule has 0 atom stereocenters. The fraction of sp³-hybridized carbons (Fsp3) is 0.120. The predicted molar refractivity (Wildman–Crippen MR) is 129 cm³/mol. The summed E-state index contributed by atoms with van der Waals surface area (Å²) in [5.74, 6) is -0.382. The van der Waals surface area contributed by atoms with Gasteiger partial charge in [0.15, 0.2) is 11.5 Å². The molecule has 170 valence electrons. The largest absolute Gasteiger partial charge is 0.306 e. The number of benzene rings is 2. The van der Waals surface area contributed by atoms with E-state index in [1.807, 2.05) is 43.3 Å². The number of nitrogens with zero attached hydrogens (tertiary/aromatic N) is 5. The monoisotopic (exact) mass is 474 g/mol. The van der Waals surface area contributed by atoms with Gasteiger partial charge in [-0.05, 0) is 41.8 Å². The van der Waals surface area contributed by atoms with Crippen LogP contribution in [0.15, 0.2) is 73.1 Å². The molecular formula is C25H20ClFN6O. The van der Waals surface area contributed by atoms with E-state index in [4.69, 9.17) is 11.6 Å². The van der Waals surface area contributed by atoms with Gasteiger partial charge in [0.25, 0.3) is 0 Å². The molecule has 0 aliphatic rings. The molecule has 5 aromatic rings. The normalized spacial score (nSPS) is 11.1. The number of aromatic nitrogens is 5. The molecule has 0 saturated heterocycles. The van der Waals surface area contributed by atoms with Crippen LogP contribution in [0.2, 0.25) is 5.02 Å². The summed E-state index contributed by atoms with van der Waals surface area (Å²) in [4.78, 5) is 17.3. The first kappa shape index (κ1) is 21.8. The molecule has 0 saturated carbocycles. The second kappa shape index (κ2) is 9.07. The number of aryl methyl sites for hydroxylation is 1. The van der Waals surface area contributed by atoms with Crippen molar-refractivity contribution in [3.05, 3.63) is 95.2 Å². The van der Waals surface area contributed by atoms with Gasteiger partial charge < -0.3 is 5.32 Å². The molecule has 0 aliphatic carbocycles. The van der Waals surface area contributed by atoms with Crippen molar-refractivity contribution in [1.29, 1.82) is 0 Å². The third kappa shape index (κ3) is 4.40. The predicted octanol–water partition coefficient (Wildman–Crippen LogP) is 5.08.